The fourth-order valence-corrected chi connectivity index (χ4v) is 2.34. The van der Waals surface area contributed by atoms with E-state index in [0.29, 0.717) is 12.2 Å². The molecule has 1 saturated heterocycles. The van der Waals surface area contributed by atoms with Crippen LogP contribution in [-0.2, 0) is 10.2 Å². The normalized spacial score (nSPS) is 23.1. The van der Waals surface area contributed by atoms with Crippen LogP contribution in [0.3, 0.4) is 0 Å². The van der Waals surface area contributed by atoms with Crippen molar-refractivity contribution in [3.8, 4) is 6.07 Å². The number of hydrogen-bond acceptors (Lipinski definition) is 3. The molecule has 1 heterocycles. The first-order chi connectivity index (χ1) is 9.01. The summed E-state index contributed by atoms with van der Waals surface area (Å²) < 4.78 is 5.77. The quantitative estimate of drug-likeness (QED) is 0.899. The maximum absolute atomic E-state index is 9.11. The fraction of sp³-hybridized carbons (Fsp3) is 0.562. The van der Waals surface area contributed by atoms with Gasteiger partial charge in [0.25, 0.3) is 0 Å². The molecule has 1 fully saturated rings. The summed E-state index contributed by atoms with van der Waals surface area (Å²) in [4.78, 5) is 0. The van der Waals surface area contributed by atoms with Crippen LogP contribution in [0, 0.1) is 11.3 Å². The first kappa shape index (κ1) is 13.9. The van der Waals surface area contributed by atoms with Crippen LogP contribution >= 0.6 is 0 Å². The van der Waals surface area contributed by atoms with Gasteiger partial charge >= 0.3 is 0 Å². The average Bonchev–Trinajstić information content (AvgIpc) is 2.83. The van der Waals surface area contributed by atoms with Crippen molar-refractivity contribution in [1.29, 1.82) is 5.26 Å². The molecule has 1 aliphatic heterocycles. The molecule has 0 amide bonds. The molecule has 19 heavy (non-hydrogen) atoms. The summed E-state index contributed by atoms with van der Waals surface area (Å²) in [5.74, 6) is 0. The van der Waals surface area contributed by atoms with E-state index in [1.54, 1.807) is 0 Å². The Hall–Kier alpha value is -1.53. The number of nitrogens with one attached hydrogen (secondary N) is 1. The molecule has 2 atom stereocenters. The molecule has 3 nitrogen and oxygen atoms in total. The van der Waals surface area contributed by atoms with Gasteiger partial charge < -0.3 is 10.1 Å². The first-order valence-corrected chi connectivity index (χ1v) is 6.92. The largest absolute Gasteiger partial charge is 0.382 e. The number of ether oxygens (including phenoxy) is 1. The molecular weight excluding hydrogens is 236 g/mol. The van der Waals surface area contributed by atoms with Crippen molar-refractivity contribution in [1.82, 2.24) is 0 Å². The molecule has 0 aliphatic carbocycles. The van der Waals surface area contributed by atoms with Gasteiger partial charge in [0.2, 0.25) is 0 Å². The second-order valence-electron chi connectivity index (χ2n) is 5.84. The van der Waals surface area contributed by atoms with E-state index >= 15 is 0 Å². The van der Waals surface area contributed by atoms with E-state index in [0.717, 1.165) is 30.6 Å². The highest BCUT2D eigenvalue weighted by molar-refractivity contribution is 5.47. The molecule has 1 N–H and O–H groups in total. The van der Waals surface area contributed by atoms with Crippen LogP contribution in [0.4, 0.5) is 5.69 Å². The van der Waals surface area contributed by atoms with Gasteiger partial charge in [0.05, 0.1) is 23.7 Å². The standard InChI is InChI=1S/C16H22N2O/c1-12-4-9-15(19-12)10-18-14-7-5-13(6-8-14)16(2,3)11-17/h5-8,12,15,18H,4,9-10H2,1-3H3. The lowest BCUT2D eigenvalue weighted by molar-refractivity contribution is 0.0637. The van der Waals surface area contributed by atoms with Crippen molar-refractivity contribution in [2.24, 2.45) is 0 Å². The molecule has 0 bridgehead atoms. The lowest BCUT2D eigenvalue weighted by atomic mass is 9.86. The Morgan fingerprint density at radius 1 is 1.32 bits per heavy atom. The predicted octanol–water partition coefficient (Wildman–Crippen LogP) is 3.47. The Morgan fingerprint density at radius 3 is 2.53 bits per heavy atom. The van der Waals surface area contributed by atoms with E-state index in [1.165, 1.54) is 0 Å². The summed E-state index contributed by atoms with van der Waals surface area (Å²) in [6.07, 6.45) is 3.01. The van der Waals surface area contributed by atoms with Gasteiger partial charge in [-0.2, -0.15) is 5.26 Å². The van der Waals surface area contributed by atoms with Crippen LogP contribution in [0.1, 0.15) is 39.2 Å². The van der Waals surface area contributed by atoms with E-state index in [2.05, 4.69) is 18.3 Å². The average molecular weight is 258 g/mol. The predicted molar refractivity (Wildman–Crippen MR) is 77.1 cm³/mol. The second kappa shape index (κ2) is 5.63. The van der Waals surface area contributed by atoms with E-state index < -0.39 is 5.41 Å². The zero-order chi connectivity index (χ0) is 13.9. The van der Waals surface area contributed by atoms with Crippen molar-refractivity contribution in [2.75, 3.05) is 11.9 Å². The number of hydrogen-bond donors (Lipinski definition) is 1. The summed E-state index contributed by atoms with van der Waals surface area (Å²) in [5, 5.41) is 12.5. The lowest BCUT2D eigenvalue weighted by Gasteiger charge is -2.17. The summed E-state index contributed by atoms with van der Waals surface area (Å²) >= 11 is 0. The molecule has 2 unspecified atom stereocenters. The third-order valence-corrected chi connectivity index (χ3v) is 3.74. The monoisotopic (exact) mass is 258 g/mol. The van der Waals surface area contributed by atoms with Gasteiger partial charge in [-0.1, -0.05) is 12.1 Å². The van der Waals surface area contributed by atoms with Gasteiger partial charge in [0.1, 0.15) is 0 Å². The molecule has 0 radical (unpaired) electrons. The maximum Gasteiger partial charge on any atom is 0.0766 e. The fourth-order valence-electron chi connectivity index (χ4n) is 2.34. The number of nitriles is 1. The summed E-state index contributed by atoms with van der Waals surface area (Å²) in [6, 6.07) is 10.4. The highest BCUT2D eigenvalue weighted by Gasteiger charge is 2.21. The minimum Gasteiger partial charge on any atom is -0.382 e. The van der Waals surface area contributed by atoms with Crippen molar-refractivity contribution in [2.45, 2.75) is 51.2 Å². The van der Waals surface area contributed by atoms with Gasteiger partial charge in [0.15, 0.2) is 0 Å². The van der Waals surface area contributed by atoms with Gasteiger partial charge in [-0.3, -0.25) is 0 Å². The minimum atomic E-state index is -0.428. The summed E-state index contributed by atoms with van der Waals surface area (Å²) in [6.45, 7) is 6.84. The van der Waals surface area contributed by atoms with Crippen molar-refractivity contribution in [3.63, 3.8) is 0 Å². The van der Waals surface area contributed by atoms with Crippen molar-refractivity contribution >= 4 is 5.69 Å². The number of rotatable bonds is 4. The van der Waals surface area contributed by atoms with Crippen LogP contribution in [0.15, 0.2) is 24.3 Å². The molecule has 0 saturated carbocycles. The van der Waals surface area contributed by atoms with E-state index in [-0.39, 0.29) is 0 Å². The SMILES string of the molecule is CC1CCC(CNc2ccc(C(C)(C)C#N)cc2)O1. The minimum absolute atomic E-state index is 0.324. The molecule has 0 aromatic heterocycles. The molecule has 2 rings (SSSR count). The number of benzene rings is 1. The van der Waals surface area contributed by atoms with Crippen LogP contribution in [0.5, 0.6) is 0 Å². The smallest absolute Gasteiger partial charge is 0.0766 e. The lowest BCUT2D eigenvalue weighted by Crippen LogP contribution is -2.20. The molecule has 1 aromatic carbocycles. The van der Waals surface area contributed by atoms with Crippen molar-refractivity contribution < 1.29 is 4.74 Å². The maximum atomic E-state index is 9.11. The van der Waals surface area contributed by atoms with Crippen LogP contribution in [0.25, 0.3) is 0 Å². The molecule has 0 spiro atoms. The Balaban J connectivity index is 1.91. The molecular formula is C16H22N2O. The zero-order valence-electron chi connectivity index (χ0n) is 11.9. The van der Waals surface area contributed by atoms with Gasteiger partial charge in [-0.15, -0.1) is 0 Å². The van der Waals surface area contributed by atoms with Crippen LogP contribution < -0.4 is 5.32 Å². The number of nitrogens with zero attached hydrogens (tertiary/aromatic N) is 1. The van der Waals surface area contributed by atoms with Gasteiger partial charge in [-0.25, -0.2) is 0 Å². The topological polar surface area (TPSA) is 45.0 Å². The summed E-state index contributed by atoms with van der Waals surface area (Å²) in [7, 11) is 0. The first-order valence-electron chi connectivity index (χ1n) is 6.92. The highest BCUT2D eigenvalue weighted by Crippen LogP contribution is 2.24. The Kier molecular flexibility index (Phi) is 4.11. The van der Waals surface area contributed by atoms with E-state index in [9.17, 15) is 0 Å². The second-order valence-corrected chi connectivity index (χ2v) is 5.84. The molecule has 1 aliphatic rings. The van der Waals surface area contributed by atoms with Crippen LogP contribution in [0.2, 0.25) is 0 Å². The van der Waals surface area contributed by atoms with E-state index in [4.69, 9.17) is 10.00 Å². The Bertz CT molecular complexity index is 459. The molecule has 3 heteroatoms. The number of anilines is 1. The zero-order valence-corrected chi connectivity index (χ0v) is 11.9. The van der Waals surface area contributed by atoms with E-state index in [1.807, 2.05) is 38.1 Å². The third-order valence-electron chi connectivity index (χ3n) is 3.74. The van der Waals surface area contributed by atoms with Gasteiger partial charge in [-0.05, 0) is 51.3 Å². The van der Waals surface area contributed by atoms with Crippen LogP contribution in [-0.4, -0.2) is 18.8 Å². The molecule has 102 valence electrons. The Labute approximate surface area is 115 Å². The highest BCUT2D eigenvalue weighted by atomic mass is 16.5. The third kappa shape index (κ3) is 3.48. The van der Waals surface area contributed by atoms with Crippen molar-refractivity contribution in [3.05, 3.63) is 29.8 Å². The molecule has 1 aromatic rings. The Morgan fingerprint density at radius 2 is 2.00 bits per heavy atom. The van der Waals surface area contributed by atoms with Gasteiger partial charge in [0, 0.05) is 12.2 Å². The summed E-state index contributed by atoms with van der Waals surface area (Å²) in [5.41, 5.74) is 1.70.